The Morgan fingerprint density at radius 1 is 1.06 bits per heavy atom. The third kappa shape index (κ3) is 65.2. The zero-order valence-corrected chi connectivity index (χ0v) is 28.7. The zero-order valence-electron chi connectivity index (χ0n) is 19.8. The second kappa shape index (κ2) is 38.3. The van der Waals surface area contributed by atoms with E-state index in [1.807, 2.05) is 6.08 Å². The predicted octanol–water partition coefficient (Wildman–Crippen LogP) is 6.41. The molecule has 1 atom stereocenters. The second-order valence-electron chi connectivity index (χ2n) is 6.05. The molecule has 0 aliphatic carbocycles. The topological polar surface area (TPSA) is 89.9 Å². The average molecular weight is 836 g/mol. The number of aliphatic hydroxyl groups is 1. The third-order valence-corrected chi connectivity index (χ3v) is 3.60. The average Bonchev–Trinajstić information content (AvgIpc) is 2.63. The first-order chi connectivity index (χ1) is 13.9. The molecule has 0 aromatic rings. The number of rotatable bonds is 8. The molecular weight excluding hydrogens is 796 g/mol. The van der Waals surface area contributed by atoms with Crippen molar-refractivity contribution in [1.29, 1.82) is 0 Å². The van der Waals surface area contributed by atoms with Gasteiger partial charge in [-0.25, -0.2) is 9.59 Å². The van der Waals surface area contributed by atoms with Crippen LogP contribution >= 0.6 is 62.5 Å². The summed E-state index contributed by atoms with van der Waals surface area (Å²) in [5, 5.41) is 8.90. The monoisotopic (exact) mass is 836 g/mol. The number of aliphatic hydroxyl groups excluding tert-OH is 1. The van der Waals surface area contributed by atoms with Crippen molar-refractivity contribution in [2.24, 2.45) is 0 Å². The minimum atomic E-state index is -1.04. The standard InChI is InChI=1S/C7H12O3.C6H14Si.C4H6O3.C2H5I.CH3.2HI.V/c1-3-5-6(8)7(9)10-4-2;1-5-6-7(2,3)4;1-2-7-4(6)3-5;1-2-3;;;;/h3,6,8H,1,4-5H2,2H3;5H,1,6H2,2-4H3;3H,2H2,1H3;2H2,1H3;1H3;2*1H;/q;;;;-1;;;+2/p-2. The van der Waals surface area contributed by atoms with E-state index in [-0.39, 0.29) is 26.7 Å². The first kappa shape index (κ1) is 45.5. The van der Waals surface area contributed by atoms with Crippen molar-refractivity contribution in [3.05, 3.63) is 32.7 Å². The number of halogens is 3. The van der Waals surface area contributed by atoms with E-state index in [9.17, 15) is 14.4 Å². The van der Waals surface area contributed by atoms with Gasteiger partial charge in [-0.3, -0.25) is 4.79 Å². The fraction of sp³-hybridized carbons (Fsp3) is 0.600. The summed E-state index contributed by atoms with van der Waals surface area (Å²) in [4.78, 5) is 29.9. The summed E-state index contributed by atoms with van der Waals surface area (Å²) in [5.74, 6) is -1.38. The van der Waals surface area contributed by atoms with Crippen molar-refractivity contribution in [1.82, 2.24) is 0 Å². The van der Waals surface area contributed by atoms with Crippen LogP contribution in [-0.4, -0.2) is 55.2 Å². The van der Waals surface area contributed by atoms with E-state index in [0.717, 1.165) is 0 Å². The van der Waals surface area contributed by atoms with Gasteiger partial charge in [0.2, 0.25) is 6.29 Å². The Hall–Kier alpha value is 1.04. The molecule has 0 aliphatic rings. The van der Waals surface area contributed by atoms with Crippen molar-refractivity contribution in [2.45, 2.75) is 59.0 Å². The number of hydrogen-bond donors (Lipinski definition) is 1. The Labute approximate surface area is 234 Å². The maximum absolute atomic E-state index is 10.6. The molecule has 0 aromatic carbocycles. The van der Waals surface area contributed by atoms with E-state index in [1.165, 1.54) is 16.5 Å². The van der Waals surface area contributed by atoms with E-state index in [1.54, 1.807) is 13.8 Å². The number of aldehydes is 1. The van der Waals surface area contributed by atoms with Crippen LogP contribution in [-0.2, 0) is 33.3 Å². The van der Waals surface area contributed by atoms with Gasteiger partial charge in [-0.05, 0) is 24.3 Å². The van der Waals surface area contributed by atoms with Crippen molar-refractivity contribution < 1.29 is 38.4 Å². The predicted molar refractivity (Wildman–Crippen MR) is 158 cm³/mol. The quantitative estimate of drug-likeness (QED) is 0.0445. The summed E-state index contributed by atoms with van der Waals surface area (Å²) in [6.07, 6.45) is 2.84. The molecule has 6 nitrogen and oxygen atoms in total. The van der Waals surface area contributed by atoms with Crippen molar-refractivity contribution in [3.63, 3.8) is 0 Å². The SMILES string of the molecule is C=CCC(O)C(=O)OCC.C=CC[Si](C)(C)C.CCI.CCOC(=O)C=O.[CH3-].[I][V][I]. The second-order valence-corrected chi connectivity index (χ2v) is 24.9. The Morgan fingerprint density at radius 3 is 1.61 bits per heavy atom. The minimum absolute atomic E-state index is 0. The van der Waals surface area contributed by atoms with Gasteiger partial charge in [-0.2, -0.15) is 0 Å². The number of carbonyl (C=O) groups is 3. The maximum atomic E-state index is 10.6. The van der Waals surface area contributed by atoms with Crippen LogP contribution in [0.2, 0.25) is 25.7 Å². The molecule has 187 valence electrons. The van der Waals surface area contributed by atoms with Crippen molar-refractivity contribution >= 4 is 88.8 Å². The Bertz CT molecular complexity index is 420. The normalized spacial score (nSPS) is 9.23. The van der Waals surface area contributed by atoms with Gasteiger partial charge in [0.15, 0.2) is 6.10 Å². The molecule has 0 saturated carbocycles. The molecule has 1 N–H and O–H groups in total. The van der Waals surface area contributed by atoms with Crippen LogP contribution in [0.4, 0.5) is 0 Å². The molecule has 0 heterocycles. The molecule has 0 saturated heterocycles. The molecule has 0 aliphatic heterocycles. The van der Waals surface area contributed by atoms with E-state index in [0.29, 0.717) is 16.1 Å². The molecular formula is C20H40I3O6SiV-. The first-order valence-electron chi connectivity index (χ1n) is 9.09. The van der Waals surface area contributed by atoms with Crippen LogP contribution in [0.5, 0.6) is 0 Å². The number of ether oxygens (including phenoxy) is 2. The van der Waals surface area contributed by atoms with Crippen LogP contribution in [0.1, 0.15) is 27.2 Å². The Morgan fingerprint density at radius 2 is 1.45 bits per heavy atom. The van der Waals surface area contributed by atoms with Crippen LogP contribution in [0, 0.1) is 7.43 Å². The molecule has 0 aromatic heterocycles. The van der Waals surface area contributed by atoms with Gasteiger partial charge in [0.25, 0.3) is 0 Å². The van der Waals surface area contributed by atoms with Crippen LogP contribution in [0.3, 0.4) is 0 Å². The molecule has 0 radical (unpaired) electrons. The first-order valence-corrected chi connectivity index (χ1v) is 23.3. The number of allylic oxidation sites excluding steroid dienone is 1. The fourth-order valence-corrected chi connectivity index (χ4v) is 1.97. The molecule has 1 unspecified atom stereocenters. The summed E-state index contributed by atoms with van der Waals surface area (Å²) in [6.45, 7) is 20.1. The van der Waals surface area contributed by atoms with Gasteiger partial charge in [0.05, 0.1) is 13.2 Å². The fourth-order valence-electron chi connectivity index (χ4n) is 1.10. The van der Waals surface area contributed by atoms with Gasteiger partial charge in [-0.15, -0.1) is 13.2 Å². The summed E-state index contributed by atoms with van der Waals surface area (Å²) < 4.78 is 9.92. The van der Waals surface area contributed by atoms with Crippen LogP contribution in [0.25, 0.3) is 0 Å². The van der Waals surface area contributed by atoms with Gasteiger partial charge in [-0.1, -0.05) is 61.3 Å². The van der Waals surface area contributed by atoms with Gasteiger partial charge in [0, 0.05) is 14.5 Å². The van der Waals surface area contributed by atoms with E-state index in [4.69, 9.17) is 5.11 Å². The third-order valence-electron chi connectivity index (χ3n) is 2.09. The summed E-state index contributed by atoms with van der Waals surface area (Å²) in [6, 6.07) is 1.24. The van der Waals surface area contributed by atoms with Gasteiger partial charge in [0.1, 0.15) is 0 Å². The number of carbonyl (C=O) groups excluding carboxylic acids is 3. The number of alkyl halides is 1. The Balaban J connectivity index is -0.0000000670. The molecule has 31 heavy (non-hydrogen) atoms. The van der Waals surface area contributed by atoms with Gasteiger partial charge >= 0.3 is 61.4 Å². The van der Waals surface area contributed by atoms with Crippen LogP contribution < -0.4 is 0 Å². The molecule has 0 spiro atoms. The summed E-state index contributed by atoms with van der Waals surface area (Å²) >= 11 is 7.03. The van der Waals surface area contributed by atoms with Gasteiger partial charge < -0.3 is 22.0 Å². The number of hydrogen-bond acceptors (Lipinski definition) is 6. The zero-order chi connectivity index (χ0) is 25.0. The van der Waals surface area contributed by atoms with Crippen molar-refractivity contribution in [2.75, 3.05) is 17.6 Å². The van der Waals surface area contributed by atoms with E-state index < -0.39 is 26.1 Å². The Kier molecular flexibility index (Phi) is 56.3. The molecule has 0 amide bonds. The molecule has 0 rings (SSSR count). The molecule has 11 heteroatoms. The molecule has 0 fully saturated rings. The summed E-state index contributed by atoms with van der Waals surface area (Å²) in [5.41, 5.74) is 0. The number of esters is 2. The van der Waals surface area contributed by atoms with Crippen LogP contribution in [0.15, 0.2) is 25.3 Å². The molecule has 0 bridgehead atoms. The van der Waals surface area contributed by atoms with E-state index in [2.05, 4.69) is 112 Å². The van der Waals surface area contributed by atoms with E-state index >= 15 is 0 Å². The summed E-state index contributed by atoms with van der Waals surface area (Å²) in [7, 11) is -0.148. The van der Waals surface area contributed by atoms with Crippen molar-refractivity contribution in [3.8, 4) is 0 Å².